The van der Waals surface area contributed by atoms with Crippen LogP contribution in [0.15, 0.2) is 24.4 Å². The number of hydrogen-bond donors (Lipinski definition) is 2. The molecule has 0 fully saturated rings. The summed E-state index contributed by atoms with van der Waals surface area (Å²) in [6.45, 7) is 1.99. The quantitative estimate of drug-likeness (QED) is 0.851. The fraction of sp³-hybridized carbons (Fsp3) is 0.167. The molecule has 0 aliphatic heterocycles. The van der Waals surface area contributed by atoms with Crippen LogP contribution in [0.2, 0.25) is 0 Å². The Bertz CT molecular complexity index is 594. The maximum absolute atomic E-state index is 11.8. The van der Waals surface area contributed by atoms with Crippen molar-refractivity contribution in [3.05, 3.63) is 41.3 Å². The van der Waals surface area contributed by atoms with Gasteiger partial charge in [0, 0.05) is 18.0 Å². The normalized spacial score (nSPS) is 9.78. The number of rotatable bonds is 3. The molecule has 2 rings (SSSR count). The molecule has 0 radical (unpaired) electrons. The van der Waals surface area contributed by atoms with E-state index in [0.717, 1.165) is 12.1 Å². The highest BCUT2D eigenvalue weighted by molar-refractivity contribution is 6.02. The van der Waals surface area contributed by atoms with Gasteiger partial charge in [0.05, 0.1) is 5.56 Å². The van der Waals surface area contributed by atoms with Crippen LogP contribution in [0.4, 0.5) is 5.82 Å². The Morgan fingerprint density at radius 3 is 2.94 bits per heavy atom. The highest BCUT2D eigenvalue weighted by Crippen LogP contribution is 2.07. The third kappa shape index (κ3) is 2.52. The second-order valence-corrected chi connectivity index (χ2v) is 3.63. The van der Waals surface area contributed by atoms with Crippen LogP contribution in [0.25, 0.3) is 0 Å². The topological polar surface area (TPSA) is 94.5 Å². The smallest absolute Gasteiger partial charge is 0.275 e. The van der Waals surface area contributed by atoms with Crippen molar-refractivity contribution in [2.24, 2.45) is 0 Å². The Morgan fingerprint density at radius 1 is 1.56 bits per heavy atom. The van der Waals surface area contributed by atoms with E-state index in [1.165, 1.54) is 12.3 Å². The summed E-state index contributed by atoms with van der Waals surface area (Å²) in [5.41, 5.74) is 1.60. The van der Waals surface area contributed by atoms with Gasteiger partial charge >= 0.3 is 0 Å². The third-order valence-corrected chi connectivity index (χ3v) is 2.38. The highest BCUT2D eigenvalue weighted by atomic mass is 16.1. The van der Waals surface area contributed by atoms with Gasteiger partial charge in [-0.05, 0) is 18.6 Å². The van der Waals surface area contributed by atoms with E-state index in [0.29, 0.717) is 11.4 Å². The number of pyridine rings is 1. The maximum Gasteiger partial charge on any atom is 0.275 e. The molecule has 2 N–H and O–H groups in total. The first-order chi connectivity index (χ1) is 8.72. The first kappa shape index (κ1) is 11.8. The number of aromatic amines is 1. The van der Waals surface area contributed by atoms with Crippen LogP contribution in [-0.4, -0.2) is 21.1 Å². The summed E-state index contributed by atoms with van der Waals surface area (Å²) < 4.78 is 0. The van der Waals surface area contributed by atoms with E-state index in [1.54, 1.807) is 12.1 Å². The molecule has 0 aromatic carbocycles. The average molecular weight is 241 g/mol. The summed E-state index contributed by atoms with van der Waals surface area (Å²) in [6.07, 6.45) is 2.18. The lowest BCUT2D eigenvalue weighted by Gasteiger charge is -2.00. The minimum atomic E-state index is -0.353. The van der Waals surface area contributed by atoms with E-state index < -0.39 is 0 Å². The fourth-order valence-electron chi connectivity index (χ4n) is 1.38. The lowest BCUT2D eigenvalue weighted by Crippen LogP contribution is -2.13. The van der Waals surface area contributed by atoms with Gasteiger partial charge in [-0.25, -0.2) is 4.98 Å². The van der Waals surface area contributed by atoms with Crippen molar-refractivity contribution in [1.29, 1.82) is 5.26 Å². The maximum atomic E-state index is 11.8. The number of H-pyrrole nitrogens is 1. The fourth-order valence-corrected chi connectivity index (χ4v) is 1.38. The number of carbonyl (C=O) groups excluding carboxylic acids is 1. The minimum absolute atomic E-state index is 0.245. The molecule has 2 heterocycles. The number of carbonyl (C=O) groups is 1. The Hall–Kier alpha value is -2.68. The predicted molar refractivity (Wildman–Crippen MR) is 64.9 cm³/mol. The van der Waals surface area contributed by atoms with Crippen LogP contribution in [0.1, 0.15) is 28.7 Å². The first-order valence-corrected chi connectivity index (χ1v) is 5.44. The number of aromatic nitrogens is 3. The zero-order valence-electron chi connectivity index (χ0n) is 9.77. The lowest BCUT2D eigenvalue weighted by atomic mass is 10.2. The molecule has 0 saturated carbocycles. The Balaban J connectivity index is 2.09. The molecular weight excluding hydrogens is 230 g/mol. The summed E-state index contributed by atoms with van der Waals surface area (Å²) in [5.74, 6) is 0.108. The average Bonchev–Trinajstić information content (AvgIpc) is 2.86. The molecule has 0 atom stereocenters. The summed E-state index contributed by atoms with van der Waals surface area (Å²) >= 11 is 0. The summed E-state index contributed by atoms with van der Waals surface area (Å²) in [5, 5.41) is 18.0. The van der Waals surface area contributed by atoms with Gasteiger partial charge < -0.3 is 5.32 Å². The zero-order chi connectivity index (χ0) is 13.0. The van der Waals surface area contributed by atoms with Crippen molar-refractivity contribution in [2.75, 3.05) is 5.32 Å². The molecule has 0 bridgehead atoms. The molecule has 0 aliphatic rings. The number of nitrogens with zero attached hydrogens (tertiary/aromatic N) is 3. The SMILES string of the molecule is CCc1cc(NC(=O)c2ccc(C#N)cn2)n[nH]1. The van der Waals surface area contributed by atoms with E-state index in [4.69, 9.17) is 5.26 Å². The van der Waals surface area contributed by atoms with Gasteiger partial charge in [0.25, 0.3) is 5.91 Å². The van der Waals surface area contributed by atoms with Crippen molar-refractivity contribution in [3.63, 3.8) is 0 Å². The Kier molecular flexibility index (Phi) is 3.34. The Labute approximate surface area is 104 Å². The highest BCUT2D eigenvalue weighted by Gasteiger charge is 2.09. The number of hydrogen-bond acceptors (Lipinski definition) is 4. The number of aryl methyl sites for hydroxylation is 1. The van der Waals surface area contributed by atoms with Crippen molar-refractivity contribution in [2.45, 2.75) is 13.3 Å². The van der Waals surface area contributed by atoms with Gasteiger partial charge in [-0.15, -0.1) is 0 Å². The van der Waals surface area contributed by atoms with Gasteiger partial charge in [-0.1, -0.05) is 6.92 Å². The van der Waals surface area contributed by atoms with E-state index in [-0.39, 0.29) is 11.6 Å². The second-order valence-electron chi connectivity index (χ2n) is 3.63. The molecule has 0 unspecified atom stereocenters. The summed E-state index contributed by atoms with van der Waals surface area (Å²) in [7, 11) is 0. The van der Waals surface area contributed by atoms with Crippen LogP contribution < -0.4 is 5.32 Å². The van der Waals surface area contributed by atoms with Crippen LogP contribution in [0, 0.1) is 11.3 Å². The molecule has 6 heteroatoms. The monoisotopic (exact) mass is 241 g/mol. The number of amides is 1. The van der Waals surface area contributed by atoms with E-state index in [2.05, 4.69) is 20.5 Å². The van der Waals surface area contributed by atoms with Crippen LogP contribution in [0.5, 0.6) is 0 Å². The van der Waals surface area contributed by atoms with E-state index in [9.17, 15) is 4.79 Å². The van der Waals surface area contributed by atoms with Crippen molar-refractivity contribution < 1.29 is 4.79 Å². The molecule has 0 spiro atoms. The molecule has 18 heavy (non-hydrogen) atoms. The standard InChI is InChI=1S/C12H11N5O/c1-2-9-5-11(17-16-9)15-12(18)10-4-3-8(6-13)7-14-10/h3-5,7H,2H2,1H3,(H2,15,16,17,18). The zero-order valence-corrected chi connectivity index (χ0v) is 9.77. The van der Waals surface area contributed by atoms with Crippen molar-refractivity contribution in [3.8, 4) is 6.07 Å². The van der Waals surface area contributed by atoms with Crippen LogP contribution in [-0.2, 0) is 6.42 Å². The second kappa shape index (κ2) is 5.10. The molecule has 2 aromatic heterocycles. The predicted octanol–water partition coefficient (Wildman–Crippen LogP) is 1.49. The van der Waals surface area contributed by atoms with Crippen molar-refractivity contribution in [1.82, 2.24) is 15.2 Å². The number of anilines is 1. The molecular formula is C12H11N5O. The molecule has 90 valence electrons. The molecule has 0 saturated heterocycles. The van der Waals surface area contributed by atoms with Gasteiger partial charge in [0.15, 0.2) is 5.82 Å². The van der Waals surface area contributed by atoms with E-state index in [1.807, 2.05) is 13.0 Å². The molecule has 2 aromatic rings. The van der Waals surface area contributed by atoms with Gasteiger partial charge in [0.1, 0.15) is 11.8 Å². The van der Waals surface area contributed by atoms with Crippen molar-refractivity contribution >= 4 is 11.7 Å². The largest absolute Gasteiger partial charge is 0.304 e. The van der Waals surface area contributed by atoms with Gasteiger partial charge in [-0.3, -0.25) is 9.89 Å². The van der Waals surface area contributed by atoms with E-state index >= 15 is 0 Å². The molecule has 1 amide bonds. The van der Waals surface area contributed by atoms with Gasteiger partial charge in [-0.2, -0.15) is 10.4 Å². The third-order valence-electron chi connectivity index (χ3n) is 2.38. The molecule has 0 aliphatic carbocycles. The van der Waals surface area contributed by atoms with Gasteiger partial charge in [0.2, 0.25) is 0 Å². The molecule has 6 nitrogen and oxygen atoms in total. The number of nitrogens with one attached hydrogen (secondary N) is 2. The van der Waals surface area contributed by atoms with Crippen LogP contribution >= 0.6 is 0 Å². The lowest BCUT2D eigenvalue weighted by molar-refractivity contribution is 0.102. The summed E-state index contributed by atoms with van der Waals surface area (Å²) in [6, 6.07) is 6.75. The minimum Gasteiger partial charge on any atom is -0.304 e. The first-order valence-electron chi connectivity index (χ1n) is 5.44. The van der Waals surface area contributed by atoms with Crippen LogP contribution in [0.3, 0.4) is 0 Å². The Morgan fingerprint density at radius 2 is 2.39 bits per heavy atom. The number of nitriles is 1. The summed E-state index contributed by atoms with van der Waals surface area (Å²) in [4.78, 5) is 15.7.